The van der Waals surface area contributed by atoms with Crippen LogP contribution in [0.3, 0.4) is 0 Å². The van der Waals surface area contributed by atoms with Crippen molar-refractivity contribution in [1.29, 1.82) is 0 Å². The van der Waals surface area contributed by atoms with Gasteiger partial charge in [0, 0.05) is 34.4 Å². The summed E-state index contributed by atoms with van der Waals surface area (Å²) in [7, 11) is -0.826. The third-order valence-electron chi connectivity index (χ3n) is 4.04. The molecule has 1 aromatic heterocycles. The minimum Gasteiger partial charge on any atom is -0.348 e. The summed E-state index contributed by atoms with van der Waals surface area (Å²) < 4.78 is 37.7. The number of carbonyl (C=O) groups excluding carboxylic acids is 2. The summed E-state index contributed by atoms with van der Waals surface area (Å²) in [6.45, 7) is 0. The van der Waals surface area contributed by atoms with Crippen molar-refractivity contribution in [1.82, 2.24) is 15.5 Å². The average molecular weight is 417 g/mol. The smallest absolute Gasteiger partial charge is 0.269 e. The number of hydrogen-bond donors (Lipinski definition) is 3. The zero-order valence-electron chi connectivity index (χ0n) is 13.9. The van der Waals surface area contributed by atoms with E-state index in [0.717, 1.165) is 0 Å². The van der Waals surface area contributed by atoms with Gasteiger partial charge in [-0.05, 0) is 25.0 Å². The highest BCUT2D eigenvalue weighted by Gasteiger charge is 2.22. The summed E-state index contributed by atoms with van der Waals surface area (Å²) in [6.07, 6.45) is 1.26. The molecule has 0 radical (unpaired) electrons. The van der Waals surface area contributed by atoms with Crippen molar-refractivity contribution in [3.8, 4) is 0 Å². The molecule has 1 aromatic carbocycles. The number of nitrogens with one attached hydrogen (secondary N) is 3. The van der Waals surface area contributed by atoms with Gasteiger partial charge in [0.25, 0.3) is 11.8 Å². The van der Waals surface area contributed by atoms with Crippen molar-refractivity contribution in [2.45, 2.75) is 18.9 Å². The third-order valence-corrected chi connectivity index (χ3v) is 5.74. The van der Waals surface area contributed by atoms with Crippen LogP contribution in [0.5, 0.6) is 0 Å². The molecular formula is C16H15ClF2N4O3S. The first-order chi connectivity index (χ1) is 12.8. The van der Waals surface area contributed by atoms with Gasteiger partial charge in [0.05, 0.1) is 10.6 Å². The molecule has 2 amide bonds. The standard InChI is InChI=1S/C16H15ClF2N4O3S/c17-10-6-12(19)11(18)5-9(10)15(24)21-14-7-13(22-23-14)16(25)20-8-1-3-27(26)4-2-8/h5-8H,1-4H2,(H,20,25)(H2,21,22,23,24). The molecule has 3 rings (SSSR count). The van der Waals surface area contributed by atoms with E-state index in [2.05, 4.69) is 20.8 Å². The van der Waals surface area contributed by atoms with Crippen LogP contribution in [-0.4, -0.2) is 43.8 Å². The summed E-state index contributed by atoms with van der Waals surface area (Å²) in [5, 5.41) is 11.2. The number of benzene rings is 1. The summed E-state index contributed by atoms with van der Waals surface area (Å²) >= 11 is 5.76. The number of nitrogens with zero attached hydrogens (tertiary/aromatic N) is 1. The summed E-state index contributed by atoms with van der Waals surface area (Å²) in [6, 6.07) is 2.62. The molecule has 0 spiro atoms. The van der Waals surface area contributed by atoms with Crippen LogP contribution in [0.25, 0.3) is 0 Å². The second kappa shape index (κ2) is 8.13. The highest BCUT2D eigenvalue weighted by atomic mass is 35.5. The van der Waals surface area contributed by atoms with Crippen molar-refractivity contribution in [2.75, 3.05) is 16.8 Å². The van der Waals surface area contributed by atoms with Gasteiger partial charge in [-0.1, -0.05) is 11.6 Å². The lowest BCUT2D eigenvalue weighted by Crippen LogP contribution is -2.39. The molecular weight excluding hydrogens is 402 g/mol. The van der Waals surface area contributed by atoms with Gasteiger partial charge in [-0.2, -0.15) is 5.10 Å². The number of amides is 2. The van der Waals surface area contributed by atoms with Crippen molar-refractivity contribution >= 4 is 40.0 Å². The molecule has 3 N–H and O–H groups in total. The molecule has 0 unspecified atom stereocenters. The van der Waals surface area contributed by atoms with Crippen molar-refractivity contribution in [2.24, 2.45) is 0 Å². The van der Waals surface area contributed by atoms with E-state index in [1.54, 1.807) is 0 Å². The summed E-state index contributed by atoms with van der Waals surface area (Å²) in [4.78, 5) is 24.4. The number of H-pyrrole nitrogens is 1. The molecule has 144 valence electrons. The van der Waals surface area contributed by atoms with E-state index in [1.165, 1.54) is 6.07 Å². The third kappa shape index (κ3) is 4.69. The van der Waals surface area contributed by atoms with Crippen molar-refractivity contribution < 1.29 is 22.6 Å². The Bertz CT molecular complexity index is 911. The van der Waals surface area contributed by atoms with Gasteiger partial charge in [-0.15, -0.1) is 0 Å². The van der Waals surface area contributed by atoms with Gasteiger partial charge in [-0.25, -0.2) is 8.78 Å². The Morgan fingerprint density at radius 1 is 1.15 bits per heavy atom. The fourth-order valence-electron chi connectivity index (χ4n) is 2.58. The number of halogens is 3. The number of anilines is 1. The highest BCUT2D eigenvalue weighted by Crippen LogP contribution is 2.21. The SMILES string of the molecule is O=C(NC1CCS(=O)CC1)c1cc(NC(=O)c2cc(F)c(F)cc2Cl)n[nH]1. The topological polar surface area (TPSA) is 104 Å². The minimum absolute atomic E-state index is 0.0238. The average Bonchev–Trinajstić information content (AvgIpc) is 3.08. The quantitative estimate of drug-likeness (QED) is 0.665. The number of aromatic nitrogens is 2. The Balaban J connectivity index is 1.63. The second-order valence-corrected chi connectivity index (χ2v) is 8.07. The first-order valence-corrected chi connectivity index (χ1v) is 9.87. The number of hydrogen-bond acceptors (Lipinski definition) is 4. The van der Waals surface area contributed by atoms with Crippen LogP contribution in [0, 0.1) is 11.6 Å². The largest absolute Gasteiger partial charge is 0.348 e. The van der Waals surface area contributed by atoms with Crippen LogP contribution in [-0.2, 0) is 10.8 Å². The molecule has 2 aromatic rings. The Morgan fingerprint density at radius 2 is 1.81 bits per heavy atom. The van der Waals surface area contributed by atoms with E-state index in [1.807, 2.05) is 0 Å². The maximum Gasteiger partial charge on any atom is 0.269 e. The Morgan fingerprint density at radius 3 is 2.52 bits per heavy atom. The lowest BCUT2D eigenvalue weighted by molar-refractivity contribution is 0.0928. The molecule has 1 aliphatic rings. The van der Waals surface area contributed by atoms with Crippen LogP contribution in [0.2, 0.25) is 5.02 Å². The van der Waals surface area contributed by atoms with E-state index >= 15 is 0 Å². The number of aromatic amines is 1. The predicted octanol–water partition coefficient (Wildman–Crippen LogP) is 2.23. The highest BCUT2D eigenvalue weighted by molar-refractivity contribution is 7.85. The maximum atomic E-state index is 13.3. The maximum absolute atomic E-state index is 13.3. The van der Waals surface area contributed by atoms with E-state index in [-0.39, 0.29) is 28.1 Å². The van der Waals surface area contributed by atoms with Gasteiger partial charge in [0.15, 0.2) is 17.5 Å². The molecule has 2 heterocycles. The first kappa shape index (κ1) is 19.4. The monoisotopic (exact) mass is 416 g/mol. The summed E-state index contributed by atoms with van der Waals surface area (Å²) in [5.41, 5.74) is -0.145. The van der Waals surface area contributed by atoms with Crippen LogP contribution in [0.4, 0.5) is 14.6 Å². The Labute approximate surface area is 160 Å². The molecule has 27 heavy (non-hydrogen) atoms. The van der Waals surface area contributed by atoms with Gasteiger partial charge in [-0.3, -0.25) is 18.9 Å². The lowest BCUT2D eigenvalue weighted by Gasteiger charge is -2.22. The van der Waals surface area contributed by atoms with Crippen molar-refractivity contribution in [3.63, 3.8) is 0 Å². The molecule has 0 atom stereocenters. The van der Waals surface area contributed by atoms with E-state index in [0.29, 0.717) is 36.5 Å². The fraction of sp³-hybridized carbons (Fsp3) is 0.312. The van der Waals surface area contributed by atoms with Crippen LogP contribution in [0.15, 0.2) is 18.2 Å². The first-order valence-electron chi connectivity index (χ1n) is 8.00. The van der Waals surface area contributed by atoms with Gasteiger partial charge >= 0.3 is 0 Å². The zero-order valence-corrected chi connectivity index (χ0v) is 15.4. The molecule has 7 nitrogen and oxygen atoms in total. The van der Waals surface area contributed by atoms with Gasteiger partial charge < -0.3 is 10.6 Å². The molecule has 1 aliphatic heterocycles. The van der Waals surface area contributed by atoms with Crippen LogP contribution < -0.4 is 10.6 Å². The van der Waals surface area contributed by atoms with Crippen LogP contribution >= 0.6 is 11.6 Å². The Hall–Kier alpha value is -2.33. The molecule has 0 aliphatic carbocycles. The molecule has 11 heteroatoms. The van der Waals surface area contributed by atoms with E-state index in [4.69, 9.17) is 11.6 Å². The Kier molecular flexibility index (Phi) is 5.85. The molecule has 1 fully saturated rings. The lowest BCUT2D eigenvalue weighted by atomic mass is 10.1. The molecule has 0 saturated carbocycles. The molecule has 0 bridgehead atoms. The zero-order chi connectivity index (χ0) is 19.6. The number of rotatable bonds is 4. The fourth-order valence-corrected chi connectivity index (χ4v) is 4.12. The summed E-state index contributed by atoms with van der Waals surface area (Å²) in [5.74, 6) is -2.47. The molecule has 1 saturated heterocycles. The van der Waals surface area contributed by atoms with E-state index in [9.17, 15) is 22.6 Å². The van der Waals surface area contributed by atoms with Gasteiger partial charge in [0.1, 0.15) is 5.69 Å². The minimum atomic E-state index is -1.21. The van der Waals surface area contributed by atoms with E-state index < -0.39 is 34.2 Å². The van der Waals surface area contributed by atoms with Gasteiger partial charge in [0.2, 0.25) is 0 Å². The normalized spacial score (nSPS) is 19.5. The van der Waals surface area contributed by atoms with Crippen LogP contribution in [0.1, 0.15) is 33.7 Å². The predicted molar refractivity (Wildman–Crippen MR) is 96.3 cm³/mol. The number of carbonyl (C=O) groups is 2. The van der Waals surface area contributed by atoms with Crippen molar-refractivity contribution in [3.05, 3.63) is 46.1 Å². The second-order valence-electron chi connectivity index (χ2n) is 5.96.